The Hall–Kier alpha value is -1.65. The van der Waals surface area contributed by atoms with E-state index in [4.69, 9.17) is 0 Å². The molecule has 1 rings (SSSR count). The molecule has 1 N–H and O–H groups in total. The predicted molar refractivity (Wildman–Crippen MR) is 65.6 cm³/mol. The number of halogens is 1. The van der Waals surface area contributed by atoms with Gasteiger partial charge in [-0.15, -0.1) is 0 Å². The molecule has 0 fully saturated rings. The summed E-state index contributed by atoms with van der Waals surface area (Å²) in [6, 6.07) is 3.45. The smallest absolute Gasteiger partial charge is 0.292 e. The minimum Gasteiger partial charge on any atom is -0.379 e. The minimum atomic E-state index is -0.505. The van der Waals surface area contributed by atoms with Gasteiger partial charge in [-0.3, -0.25) is 10.1 Å². The lowest BCUT2D eigenvalue weighted by Gasteiger charge is -2.14. The van der Waals surface area contributed by atoms with Crippen LogP contribution in [-0.2, 0) is 0 Å². The average Bonchev–Trinajstić information content (AvgIpc) is 2.30. The van der Waals surface area contributed by atoms with E-state index in [1.165, 1.54) is 12.1 Å². The summed E-state index contributed by atoms with van der Waals surface area (Å²) < 4.78 is 13.0. The number of benzene rings is 1. The van der Waals surface area contributed by atoms with Crippen molar-refractivity contribution in [3.8, 4) is 0 Å². The number of hydrogen-bond donors (Lipinski definition) is 1. The highest BCUT2D eigenvalue weighted by atomic mass is 19.1. The second kappa shape index (κ2) is 6.18. The Labute approximate surface area is 100.0 Å². The second-order valence-corrected chi connectivity index (χ2v) is 3.98. The number of nitro groups is 1. The topological polar surface area (TPSA) is 55.2 Å². The third-order valence-corrected chi connectivity index (χ3v) is 2.89. The van der Waals surface area contributed by atoms with Crippen molar-refractivity contribution in [2.24, 2.45) is 5.92 Å². The van der Waals surface area contributed by atoms with Crippen LogP contribution < -0.4 is 5.32 Å². The van der Waals surface area contributed by atoms with E-state index in [1.54, 1.807) is 0 Å². The average molecular weight is 240 g/mol. The van der Waals surface area contributed by atoms with Gasteiger partial charge in [0.05, 0.1) is 4.92 Å². The first-order valence-corrected chi connectivity index (χ1v) is 5.76. The Morgan fingerprint density at radius 2 is 2.06 bits per heavy atom. The quantitative estimate of drug-likeness (QED) is 0.610. The van der Waals surface area contributed by atoms with E-state index < -0.39 is 10.7 Å². The molecule has 1 aromatic carbocycles. The van der Waals surface area contributed by atoms with Crippen molar-refractivity contribution in [3.63, 3.8) is 0 Å². The number of anilines is 1. The van der Waals surface area contributed by atoms with Gasteiger partial charge in [-0.05, 0) is 12.0 Å². The van der Waals surface area contributed by atoms with E-state index >= 15 is 0 Å². The van der Waals surface area contributed by atoms with Crippen LogP contribution in [0.4, 0.5) is 15.8 Å². The third kappa shape index (κ3) is 3.69. The maximum atomic E-state index is 13.0. The molecule has 0 radical (unpaired) electrons. The van der Waals surface area contributed by atoms with E-state index in [-0.39, 0.29) is 11.4 Å². The van der Waals surface area contributed by atoms with Gasteiger partial charge in [-0.2, -0.15) is 0 Å². The third-order valence-electron chi connectivity index (χ3n) is 2.89. The van der Waals surface area contributed by atoms with Crippen LogP contribution >= 0.6 is 0 Å². The molecule has 94 valence electrons. The van der Waals surface area contributed by atoms with Gasteiger partial charge in [-0.1, -0.05) is 26.7 Å². The van der Waals surface area contributed by atoms with Crippen LogP contribution in [0.3, 0.4) is 0 Å². The molecule has 0 atom stereocenters. The largest absolute Gasteiger partial charge is 0.379 e. The SMILES string of the molecule is CCC(CC)CNc1cc(F)ccc1[N+](=O)[O-]. The molecule has 0 amide bonds. The molecule has 17 heavy (non-hydrogen) atoms. The second-order valence-electron chi connectivity index (χ2n) is 3.98. The molecule has 0 heterocycles. The molecular formula is C12H17FN2O2. The summed E-state index contributed by atoms with van der Waals surface area (Å²) in [7, 11) is 0. The first kappa shape index (κ1) is 13.4. The Balaban J connectivity index is 2.81. The first-order valence-electron chi connectivity index (χ1n) is 5.76. The van der Waals surface area contributed by atoms with Gasteiger partial charge >= 0.3 is 0 Å². The highest BCUT2D eigenvalue weighted by Gasteiger charge is 2.15. The number of hydrogen-bond acceptors (Lipinski definition) is 3. The van der Waals surface area contributed by atoms with Crippen molar-refractivity contribution >= 4 is 11.4 Å². The summed E-state index contributed by atoms with van der Waals surface area (Å²) >= 11 is 0. The molecule has 0 spiro atoms. The molecule has 0 bridgehead atoms. The summed E-state index contributed by atoms with van der Waals surface area (Å²) in [5.41, 5.74) is 0.166. The molecule has 0 aliphatic heterocycles. The fourth-order valence-corrected chi connectivity index (χ4v) is 1.64. The van der Waals surface area contributed by atoms with Gasteiger partial charge in [0.1, 0.15) is 11.5 Å². The summed E-state index contributed by atoms with van der Waals surface area (Å²) in [6.45, 7) is 4.75. The molecule has 4 nitrogen and oxygen atoms in total. The maximum Gasteiger partial charge on any atom is 0.292 e. The number of nitro benzene ring substituents is 1. The lowest BCUT2D eigenvalue weighted by Crippen LogP contribution is -2.13. The van der Waals surface area contributed by atoms with Crippen molar-refractivity contribution < 1.29 is 9.31 Å². The molecule has 0 unspecified atom stereocenters. The minimum absolute atomic E-state index is 0.0858. The molecule has 0 aliphatic rings. The van der Waals surface area contributed by atoms with Crippen molar-refractivity contribution in [2.75, 3.05) is 11.9 Å². The first-order chi connectivity index (χ1) is 8.08. The zero-order valence-corrected chi connectivity index (χ0v) is 10.1. The van der Waals surface area contributed by atoms with Gasteiger partial charge in [0.25, 0.3) is 5.69 Å². The zero-order chi connectivity index (χ0) is 12.8. The molecule has 0 aromatic heterocycles. The van der Waals surface area contributed by atoms with E-state index in [1.807, 2.05) is 0 Å². The summed E-state index contributed by atoms with van der Waals surface area (Å²) in [5, 5.41) is 13.7. The van der Waals surface area contributed by atoms with Crippen LogP contribution in [0.2, 0.25) is 0 Å². The summed E-state index contributed by atoms with van der Waals surface area (Å²) in [5.74, 6) is -0.0273. The molecule has 0 aliphatic carbocycles. The van der Waals surface area contributed by atoms with E-state index in [9.17, 15) is 14.5 Å². The van der Waals surface area contributed by atoms with E-state index in [2.05, 4.69) is 19.2 Å². The maximum absolute atomic E-state index is 13.0. The molecule has 0 saturated carbocycles. The van der Waals surface area contributed by atoms with Crippen LogP contribution in [0.1, 0.15) is 26.7 Å². The van der Waals surface area contributed by atoms with Crippen LogP contribution in [-0.4, -0.2) is 11.5 Å². The van der Waals surface area contributed by atoms with Gasteiger partial charge in [0, 0.05) is 18.7 Å². The highest BCUT2D eigenvalue weighted by molar-refractivity contribution is 5.61. The van der Waals surface area contributed by atoms with Crippen molar-refractivity contribution in [1.82, 2.24) is 0 Å². The zero-order valence-electron chi connectivity index (χ0n) is 10.1. The summed E-state index contributed by atoms with van der Waals surface area (Å²) in [6.07, 6.45) is 1.99. The molecule has 5 heteroatoms. The Bertz CT molecular complexity index is 392. The van der Waals surface area contributed by atoms with Crippen LogP contribution in [0, 0.1) is 21.8 Å². The van der Waals surface area contributed by atoms with Gasteiger partial charge in [0.15, 0.2) is 0 Å². The summed E-state index contributed by atoms with van der Waals surface area (Å²) in [4.78, 5) is 10.3. The van der Waals surface area contributed by atoms with Crippen molar-refractivity contribution in [2.45, 2.75) is 26.7 Å². The van der Waals surface area contributed by atoms with E-state index in [0.717, 1.165) is 18.9 Å². The van der Waals surface area contributed by atoms with E-state index in [0.29, 0.717) is 12.5 Å². The lowest BCUT2D eigenvalue weighted by atomic mass is 10.0. The highest BCUT2D eigenvalue weighted by Crippen LogP contribution is 2.25. The molecular weight excluding hydrogens is 223 g/mol. The van der Waals surface area contributed by atoms with Crippen LogP contribution in [0.5, 0.6) is 0 Å². The van der Waals surface area contributed by atoms with Gasteiger partial charge in [0.2, 0.25) is 0 Å². The normalized spacial score (nSPS) is 10.6. The molecule has 0 saturated heterocycles. The van der Waals surface area contributed by atoms with Gasteiger partial charge in [-0.25, -0.2) is 4.39 Å². The Morgan fingerprint density at radius 3 is 2.59 bits per heavy atom. The lowest BCUT2D eigenvalue weighted by molar-refractivity contribution is -0.384. The fourth-order valence-electron chi connectivity index (χ4n) is 1.64. The van der Waals surface area contributed by atoms with Crippen molar-refractivity contribution in [1.29, 1.82) is 0 Å². The number of nitrogens with one attached hydrogen (secondary N) is 1. The fraction of sp³-hybridized carbons (Fsp3) is 0.500. The number of rotatable bonds is 6. The monoisotopic (exact) mass is 240 g/mol. The van der Waals surface area contributed by atoms with Crippen LogP contribution in [0.15, 0.2) is 18.2 Å². The Morgan fingerprint density at radius 1 is 1.41 bits per heavy atom. The standard InChI is InChI=1S/C12H17FN2O2/c1-3-9(4-2)8-14-11-7-10(13)5-6-12(11)15(16)17/h5-7,9,14H,3-4,8H2,1-2H3. The van der Waals surface area contributed by atoms with Gasteiger partial charge < -0.3 is 5.32 Å². The predicted octanol–water partition coefficient (Wildman–Crippen LogP) is 3.58. The Kier molecular flexibility index (Phi) is 4.87. The number of nitrogens with zero attached hydrogens (tertiary/aromatic N) is 1. The van der Waals surface area contributed by atoms with Crippen LogP contribution in [0.25, 0.3) is 0 Å². The molecule has 1 aromatic rings. The van der Waals surface area contributed by atoms with Crippen molar-refractivity contribution in [3.05, 3.63) is 34.1 Å².